The monoisotopic (exact) mass is 1300 g/mol. The lowest BCUT2D eigenvalue weighted by atomic mass is 9.93. The van der Waals surface area contributed by atoms with Crippen molar-refractivity contribution in [2.75, 3.05) is 19.7 Å². The second kappa shape index (κ2) is 40.7. The van der Waals surface area contributed by atoms with Gasteiger partial charge in [-0.2, -0.15) is 0 Å². The number of benzene rings is 1. The first-order valence-corrected chi connectivity index (χ1v) is 32.4. The van der Waals surface area contributed by atoms with E-state index in [1.165, 1.54) is 13.8 Å². The molecule has 16 atom stereocenters. The van der Waals surface area contributed by atoms with Crippen LogP contribution in [0.3, 0.4) is 0 Å². The summed E-state index contributed by atoms with van der Waals surface area (Å²) < 4.78 is 5.74. The summed E-state index contributed by atoms with van der Waals surface area (Å²) >= 11 is 0. The van der Waals surface area contributed by atoms with Crippen molar-refractivity contribution in [2.45, 2.75) is 227 Å². The Morgan fingerprint density at radius 3 is 1.47 bits per heavy atom. The summed E-state index contributed by atoms with van der Waals surface area (Å²) in [6.45, 7) is 21.3. The summed E-state index contributed by atoms with van der Waals surface area (Å²) in [5, 5.41) is 37.3. The molecular weight excluding hydrogens is 1190 g/mol. The molecule has 1 heterocycles. The average molecular weight is 1300 g/mol. The topological polar surface area (TPSA) is 466 Å². The number of carbonyl (C=O) groups is 11. The van der Waals surface area contributed by atoms with Crippen molar-refractivity contribution < 1.29 is 62.6 Å². The minimum atomic E-state index is -1.79. The highest BCUT2D eigenvalue weighted by Gasteiger charge is 2.41. The van der Waals surface area contributed by atoms with E-state index >= 15 is 0 Å². The van der Waals surface area contributed by atoms with E-state index in [1.54, 1.807) is 48.5 Å². The number of nitrogens with zero attached hydrogens (tertiary/aromatic N) is 2. The molecule has 2 rings (SSSR count). The molecule has 19 N–H and O–H groups in total. The third kappa shape index (κ3) is 26.6. The number of esters is 1. The molecule has 0 unspecified atom stereocenters. The molecule has 518 valence electrons. The van der Waals surface area contributed by atoms with Crippen LogP contribution in [0.4, 0.5) is 0 Å². The Labute approximate surface area is 542 Å². The number of aliphatic hydroxyl groups is 1. The summed E-state index contributed by atoms with van der Waals surface area (Å²) in [6.07, 6.45) is 1.37. The smallest absolute Gasteiger partial charge is 0.329 e. The van der Waals surface area contributed by atoms with Crippen LogP contribution >= 0.6 is 0 Å². The van der Waals surface area contributed by atoms with Crippen molar-refractivity contribution in [1.82, 2.24) is 53.2 Å². The number of carbonyl (C=O) groups excluding carboxylic acids is 11. The summed E-state index contributed by atoms with van der Waals surface area (Å²) in [5.74, 6) is -11.9. The van der Waals surface area contributed by atoms with Gasteiger partial charge >= 0.3 is 5.97 Å². The predicted molar refractivity (Wildman–Crippen MR) is 349 cm³/mol. The summed E-state index contributed by atoms with van der Waals surface area (Å²) in [6, 6.07) is -4.18. The van der Waals surface area contributed by atoms with Crippen LogP contribution in [0.1, 0.15) is 160 Å². The number of cyclic esters (lactones) is 1. The molecule has 0 radical (unpaired) electrons. The molecule has 0 aliphatic carbocycles. The lowest BCUT2D eigenvalue weighted by Crippen LogP contribution is -2.63. The first kappa shape index (κ1) is 80.0. The van der Waals surface area contributed by atoms with Crippen molar-refractivity contribution in [3.8, 4) is 0 Å². The Morgan fingerprint density at radius 1 is 0.554 bits per heavy atom. The fourth-order valence-electron chi connectivity index (χ4n) is 9.99. The van der Waals surface area contributed by atoms with E-state index in [1.807, 2.05) is 58.0 Å². The van der Waals surface area contributed by atoms with Crippen LogP contribution in [-0.2, 0) is 63.9 Å². The number of hydrogen-bond donors (Lipinski definition) is 15. The molecule has 29 nitrogen and oxygen atoms in total. The second-order valence-electron chi connectivity index (χ2n) is 24.6. The number of aliphatic hydroxyl groups excluding tert-OH is 1. The van der Waals surface area contributed by atoms with Gasteiger partial charge in [0.25, 0.3) is 0 Å². The minimum Gasteiger partial charge on any atom is -0.458 e. The molecule has 1 aromatic rings. The molecule has 10 amide bonds. The standard InChI is InChI=1S/C63H108N16O13/c1-14-34(8)46(75-52(82)41(18-5)31-40-24-20-19-21-25-40)57(87)72-42(26-22-28-68-62(64)65)53(83)71-43(27-23-29-69-63(66)67)54(84)76-48(36(10)16-3)59(89)77-47(35(9)15-2)58(88)74-45(32-80)56(86)79-50-39(13)92-61(91)49(37(11)17-4)78-55(85)44(30-33(6)7)73-51(81)38(12)70-60(50)90/h19-21,24-25,33-39,41-50,80H,14-18,22-23,26-32H2,1-13H3,(H,70,90)(H,71,83)(H,72,87)(H,73,81)(H,74,88)(H,75,82)(H,76,84)(H,77,89)(H,78,85)(H,79,86)(H4,64,65,68)(H4,66,67,69)/t34-,35-,36+,37-,38-,39-,41+,42-,43+,44-,45-,46-,47-,48+,49-,50+/m0/s1. The van der Waals surface area contributed by atoms with Crippen molar-refractivity contribution >= 4 is 77.0 Å². The Kier molecular flexibility index (Phi) is 35.4. The van der Waals surface area contributed by atoms with E-state index in [4.69, 9.17) is 27.7 Å². The Bertz CT molecular complexity index is 2660. The maximum atomic E-state index is 14.7. The third-order valence-corrected chi connectivity index (χ3v) is 16.7. The van der Waals surface area contributed by atoms with E-state index in [2.05, 4.69) is 63.2 Å². The molecular formula is C63H108N16O13. The van der Waals surface area contributed by atoms with Gasteiger partial charge in [0.1, 0.15) is 66.5 Å². The number of aliphatic imine (C=N–C) groups is 2. The lowest BCUT2D eigenvalue weighted by molar-refractivity contribution is -0.157. The van der Waals surface area contributed by atoms with Crippen LogP contribution in [0.15, 0.2) is 40.3 Å². The van der Waals surface area contributed by atoms with E-state index in [0.29, 0.717) is 32.1 Å². The number of ether oxygens (including phenoxy) is 1. The van der Waals surface area contributed by atoms with Gasteiger partial charge in [-0.1, -0.05) is 132 Å². The van der Waals surface area contributed by atoms with Gasteiger partial charge in [-0.05, 0) is 93.9 Å². The Morgan fingerprint density at radius 2 is 1.01 bits per heavy atom. The molecule has 29 heteroatoms. The summed E-state index contributed by atoms with van der Waals surface area (Å²) in [5.41, 5.74) is 23.3. The van der Waals surface area contributed by atoms with Crippen LogP contribution in [-0.4, -0.2) is 168 Å². The van der Waals surface area contributed by atoms with Crippen LogP contribution < -0.4 is 76.1 Å². The highest BCUT2D eigenvalue weighted by molar-refractivity contribution is 5.99. The van der Waals surface area contributed by atoms with Gasteiger partial charge < -0.3 is 85.9 Å². The zero-order valence-electron chi connectivity index (χ0n) is 56.2. The molecule has 1 aromatic carbocycles. The maximum absolute atomic E-state index is 14.7. The van der Waals surface area contributed by atoms with Gasteiger partial charge in [0.05, 0.1) is 6.61 Å². The quantitative estimate of drug-likeness (QED) is 0.0173. The number of nitrogens with one attached hydrogen (secondary N) is 10. The van der Waals surface area contributed by atoms with Gasteiger partial charge in [0, 0.05) is 19.0 Å². The lowest BCUT2D eigenvalue weighted by Gasteiger charge is -2.31. The summed E-state index contributed by atoms with van der Waals surface area (Å²) in [7, 11) is 0. The summed E-state index contributed by atoms with van der Waals surface area (Å²) in [4.78, 5) is 164. The van der Waals surface area contributed by atoms with Crippen LogP contribution in [0.5, 0.6) is 0 Å². The van der Waals surface area contributed by atoms with Crippen molar-refractivity contribution in [1.29, 1.82) is 0 Å². The number of guanidine groups is 2. The normalized spacial score (nSPS) is 20.7. The van der Waals surface area contributed by atoms with E-state index in [-0.39, 0.29) is 81.3 Å². The zero-order valence-corrected chi connectivity index (χ0v) is 56.2. The van der Waals surface area contributed by atoms with Crippen molar-refractivity contribution in [3.63, 3.8) is 0 Å². The van der Waals surface area contributed by atoms with E-state index in [9.17, 15) is 57.8 Å². The Balaban J connectivity index is 2.53. The molecule has 0 bridgehead atoms. The van der Waals surface area contributed by atoms with Gasteiger partial charge in [-0.25, -0.2) is 4.79 Å². The van der Waals surface area contributed by atoms with Crippen LogP contribution in [0, 0.1) is 35.5 Å². The van der Waals surface area contributed by atoms with Crippen molar-refractivity contribution in [3.05, 3.63) is 35.9 Å². The SMILES string of the molecule is CC[C@H](Cc1ccccc1)C(=O)N[C@H](C(=O)N[C@@H](CCCN=C(N)N)C(=O)N[C@H](CCCN=C(N)N)C(=O)N[C@@H](C(=O)N[C@H](C(=O)N[C@@H](CO)C(=O)N[C@H]1C(=O)N[C@@H](C)C(=O)N[C@@H](CC(C)C)C(=O)N[C@@H]([C@@H](C)CC)C(=O)O[C@H]1C)[C@@H](C)CC)[C@H](C)CC)[C@@H](C)CC. The predicted octanol–water partition coefficient (Wildman–Crippen LogP) is -0.602. The van der Waals surface area contributed by atoms with Gasteiger partial charge in [-0.15, -0.1) is 0 Å². The number of nitrogens with two attached hydrogens (primary N) is 4. The maximum Gasteiger partial charge on any atom is 0.329 e. The van der Waals surface area contributed by atoms with E-state index in [0.717, 1.165) is 5.56 Å². The largest absolute Gasteiger partial charge is 0.458 e. The third-order valence-electron chi connectivity index (χ3n) is 16.7. The van der Waals surface area contributed by atoms with Gasteiger partial charge in [0.2, 0.25) is 59.1 Å². The average Bonchev–Trinajstić information content (AvgIpc) is 1.29. The molecule has 0 spiro atoms. The fraction of sp³-hybridized carbons (Fsp3) is 0.698. The van der Waals surface area contributed by atoms with E-state index < -0.39 is 156 Å². The second-order valence-corrected chi connectivity index (χ2v) is 24.6. The van der Waals surface area contributed by atoms with Gasteiger partial charge in [-0.3, -0.25) is 57.9 Å². The number of hydrogen-bond acceptors (Lipinski definition) is 15. The highest BCUT2D eigenvalue weighted by atomic mass is 16.5. The first-order valence-electron chi connectivity index (χ1n) is 32.4. The van der Waals surface area contributed by atoms with Crippen molar-refractivity contribution in [2.24, 2.45) is 68.4 Å². The number of rotatable bonds is 36. The molecule has 1 aliphatic heterocycles. The van der Waals surface area contributed by atoms with Crippen LogP contribution in [0.2, 0.25) is 0 Å². The molecule has 1 fully saturated rings. The highest BCUT2D eigenvalue weighted by Crippen LogP contribution is 2.19. The molecule has 0 aromatic heterocycles. The minimum absolute atomic E-state index is 0.0248. The van der Waals surface area contributed by atoms with Gasteiger partial charge in [0.15, 0.2) is 11.9 Å². The molecule has 0 saturated carbocycles. The Hall–Kier alpha value is -8.11. The zero-order chi connectivity index (χ0) is 69.5. The molecule has 1 aliphatic rings. The first-order chi connectivity index (χ1) is 43.4. The molecule has 92 heavy (non-hydrogen) atoms. The number of amides is 10. The fourth-order valence-corrected chi connectivity index (χ4v) is 9.99. The molecule has 1 saturated heterocycles. The van der Waals surface area contributed by atoms with Crippen LogP contribution in [0.25, 0.3) is 0 Å².